The predicted molar refractivity (Wildman–Crippen MR) is 129 cm³/mol. The first-order valence-corrected chi connectivity index (χ1v) is 12.6. The lowest BCUT2D eigenvalue weighted by molar-refractivity contribution is -0.0429. The third-order valence-corrected chi connectivity index (χ3v) is 6.99. The zero-order valence-electron chi connectivity index (χ0n) is 19.1. The fraction of sp³-hybridized carbons (Fsp3) is 0.250. The summed E-state index contributed by atoms with van der Waals surface area (Å²) in [5, 5.41) is 3.65. The van der Waals surface area contributed by atoms with Gasteiger partial charge >= 0.3 is 15.5 Å². The topological polar surface area (TPSA) is 98.1 Å². The van der Waals surface area contributed by atoms with Crippen LogP contribution >= 0.6 is 0 Å². The van der Waals surface area contributed by atoms with Gasteiger partial charge in [-0.1, -0.05) is 36.4 Å². The van der Waals surface area contributed by atoms with Crippen LogP contribution in [0.15, 0.2) is 54.6 Å². The van der Waals surface area contributed by atoms with Gasteiger partial charge in [0.2, 0.25) is 5.95 Å². The smallest absolute Gasteiger partial charge is 0.376 e. The van der Waals surface area contributed by atoms with E-state index in [4.69, 9.17) is 14.7 Å². The molecular formula is C24H22F3N5O3S. The zero-order chi connectivity index (χ0) is 25.5. The minimum absolute atomic E-state index is 0.180. The first-order valence-electron chi connectivity index (χ1n) is 11.1. The second-order valence-corrected chi connectivity index (χ2v) is 10.0. The predicted octanol–water partition coefficient (Wildman–Crippen LogP) is 4.68. The molecule has 12 heteroatoms. The quantitative estimate of drug-likeness (QED) is 0.386. The molecule has 1 aliphatic heterocycles. The van der Waals surface area contributed by atoms with Gasteiger partial charge in [0.15, 0.2) is 0 Å². The Hall–Kier alpha value is -3.64. The van der Waals surface area contributed by atoms with E-state index >= 15 is 0 Å². The number of ether oxygens (including phenoxy) is 1. The van der Waals surface area contributed by atoms with Crippen molar-refractivity contribution in [1.29, 1.82) is 0 Å². The van der Waals surface area contributed by atoms with E-state index in [2.05, 4.69) is 5.32 Å². The normalized spacial score (nSPS) is 14.0. The monoisotopic (exact) mass is 517 g/mol. The van der Waals surface area contributed by atoms with E-state index in [9.17, 15) is 21.6 Å². The Bertz CT molecular complexity index is 1540. The zero-order valence-corrected chi connectivity index (χ0v) is 19.9. The molecule has 0 saturated carbocycles. The van der Waals surface area contributed by atoms with Crippen LogP contribution in [0.3, 0.4) is 0 Å². The number of aryl methyl sites for hydroxylation is 1. The minimum atomic E-state index is -5.58. The number of nitrogens with zero attached hydrogens (tertiary/aromatic N) is 3. The Morgan fingerprint density at radius 3 is 2.61 bits per heavy atom. The number of halogens is 3. The Labute approximate surface area is 205 Å². The second kappa shape index (κ2) is 9.10. The maximum absolute atomic E-state index is 13.0. The van der Waals surface area contributed by atoms with E-state index in [1.54, 1.807) is 28.3 Å². The summed E-state index contributed by atoms with van der Waals surface area (Å²) in [6.07, 6.45) is 0.583. The SMILES string of the molecule is Cc1cc2c(NS(=O)(=O)C(F)(F)F)cccc2n1-c1nc2c(c(NCc3ccccc3)n1)COCC2. The van der Waals surface area contributed by atoms with Crippen LogP contribution in [0.25, 0.3) is 16.9 Å². The maximum Gasteiger partial charge on any atom is 0.516 e. The summed E-state index contributed by atoms with van der Waals surface area (Å²) >= 11 is 0. The van der Waals surface area contributed by atoms with Gasteiger partial charge in [-0.2, -0.15) is 26.6 Å². The summed E-state index contributed by atoms with van der Waals surface area (Å²) in [6, 6.07) is 15.9. The molecule has 0 spiro atoms. The van der Waals surface area contributed by atoms with E-state index in [0.29, 0.717) is 54.5 Å². The molecule has 1 aliphatic rings. The molecule has 2 aromatic heterocycles. The highest BCUT2D eigenvalue weighted by atomic mass is 32.2. The lowest BCUT2D eigenvalue weighted by Crippen LogP contribution is -2.29. The summed E-state index contributed by atoms with van der Waals surface area (Å²) in [7, 11) is -5.58. The summed E-state index contributed by atoms with van der Waals surface area (Å²) in [6.45, 7) is 3.15. The number of nitrogens with one attached hydrogen (secondary N) is 2. The van der Waals surface area contributed by atoms with Gasteiger partial charge < -0.3 is 10.1 Å². The number of hydrogen-bond acceptors (Lipinski definition) is 6. The highest BCUT2D eigenvalue weighted by Crippen LogP contribution is 2.33. The first-order chi connectivity index (χ1) is 17.1. The fourth-order valence-corrected chi connectivity index (χ4v) is 4.75. The molecule has 4 aromatic rings. The van der Waals surface area contributed by atoms with Crippen molar-refractivity contribution >= 4 is 32.4 Å². The number of rotatable bonds is 6. The van der Waals surface area contributed by atoms with Gasteiger partial charge in [-0.25, -0.2) is 4.98 Å². The number of fused-ring (bicyclic) bond motifs is 2. The molecule has 5 rings (SSSR count). The van der Waals surface area contributed by atoms with E-state index in [1.165, 1.54) is 12.1 Å². The number of alkyl halides is 3. The van der Waals surface area contributed by atoms with E-state index in [1.807, 2.05) is 30.3 Å². The molecule has 8 nitrogen and oxygen atoms in total. The van der Waals surface area contributed by atoms with Crippen LogP contribution in [0, 0.1) is 6.92 Å². The van der Waals surface area contributed by atoms with Gasteiger partial charge in [0.25, 0.3) is 0 Å². The first kappa shape index (κ1) is 24.1. The standard InChI is InChI=1S/C24H22F3N5O3S/c1-15-12-17-20(31-36(33,34)24(25,26)27)8-5-9-21(17)32(15)23-29-19-10-11-35-14-18(19)22(30-23)28-13-16-6-3-2-4-7-16/h2-9,12,31H,10-11,13-14H2,1H3,(H,28,29,30). The number of sulfonamides is 1. The van der Waals surface area contributed by atoms with Crippen LogP contribution in [0.1, 0.15) is 22.5 Å². The second-order valence-electron chi connectivity index (χ2n) is 8.35. The van der Waals surface area contributed by atoms with Crippen molar-refractivity contribution in [2.45, 2.75) is 32.0 Å². The number of benzene rings is 2. The highest BCUT2D eigenvalue weighted by molar-refractivity contribution is 7.93. The lowest BCUT2D eigenvalue weighted by Gasteiger charge is -2.21. The van der Waals surface area contributed by atoms with Crippen molar-refractivity contribution < 1.29 is 26.3 Å². The molecule has 0 radical (unpaired) electrons. The molecule has 0 bridgehead atoms. The molecule has 0 atom stereocenters. The van der Waals surface area contributed by atoms with Gasteiger partial charge in [0.1, 0.15) is 5.82 Å². The maximum atomic E-state index is 13.0. The average molecular weight is 518 g/mol. The van der Waals surface area contributed by atoms with Gasteiger partial charge in [-0.05, 0) is 30.7 Å². The number of hydrogen-bond donors (Lipinski definition) is 2. The molecule has 0 aliphatic carbocycles. The van der Waals surface area contributed by atoms with Gasteiger partial charge in [-0.3, -0.25) is 9.29 Å². The molecule has 2 aromatic carbocycles. The molecule has 0 amide bonds. The summed E-state index contributed by atoms with van der Waals surface area (Å²) in [5.41, 5.74) is -1.78. The fourth-order valence-electron chi connectivity index (χ4n) is 4.17. The largest absolute Gasteiger partial charge is 0.516 e. The molecule has 0 saturated heterocycles. The van der Waals surface area contributed by atoms with Crippen LogP contribution in [0.4, 0.5) is 24.7 Å². The van der Waals surface area contributed by atoms with Crippen molar-refractivity contribution in [2.24, 2.45) is 0 Å². The van der Waals surface area contributed by atoms with Crippen molar-refractivity contribution in [3.05, 3.63) is 77.1 Å². The van der Waals surface area contributed by atoms with E-state index in [0.717, 1.165) is 16.8 Å². The van der Waals surface area contributed by atoms with Crippen molar-refractivity contribution in [3.63, 3.8) is 0 Å². The molecule has 36 heavy (non-hydrogen) atoms. The third-order valence-electron chi connectivity index (χ3n) is 5.89. The Balaban J connectivity index is 1.59. The summed E-state index contributed by atoms with van der Waals surface area (Å²) in [5.74, 6) is 0.934. The average Bonchev–Trinajstić information content (AvgIpc) is 3.19. The van der Waals surface area contributed by atoms with Gasteiger partial charge in [-0.15, -0.1) is 0 Å². The van der Waals surface area contributed by atoms with Crippen LogP contribution in [-0.4, -0.2) is 35.1 Å². The van der Waals surface area contributed by atoms with Crippen LogP contribution in [0.5, 0.6) is 0 Å². The Kier molecular flexibility index (Phi) is 6.08. The Morgan fingerprint density at radius 2 is 1.86 bits per heavy atom. The number of aromatic nitrogens is 3. The molecule has 2 N–H and O–H groups in total. The molecule has 3 heterocycles. The highest BCUT2D eigenvalue weighted by Gasteiger charge is 2.46. The van der Waals surface area contributed by atoms with Gasteiger partial charge in [0.05, 0.1) is 30.1 Å². The Morgan fingerprint density at radius 1 is 1.08 bits per heavy atom. The molecular weight excluding hydrogens is 495 g/mol. The van der Waals surface area contributed by atoms with Crippen molar-refractivity contribution in [1.82, 2.24) is 14.5 Å². The van der Waals surface area contributed by atoms with Crippen molar-refractivity contribution in [3.8, 4) is 5.95 Å². The van der Waals surface area contributed by atoms with Crippen LogP contribution in [-0.2, 0) is 34.3 Å². The van der Waals surface area contributed by atoms with Gasteiger partial charge in [0, 0.05) is 29.6 Å². The van der Waals surface area contributed by atoms with Crippen molar-refractivity contribution in [2.75, 3.05) is 16.6 Å². The third kappa shape index (κ3) is 4.49. The van der Waals surface area contributed by atoms with Crippen LogP contribution in [0.2, 0.25) is 0 Å². The molecule has 188 valence electrons. The molecule has 0 fully saturated rings. The number of anilines is 2. The van der Waals surface area contributed by atoms with E-state index < -0.39 is 15.5 Å². The summed E-state index contributed by atoms with van der Waals surface area (Å²) in [4.78, 5) is 9.48. The molecule has 0 unspecified atom stereocenters. The van der Waals surface area contributed by atoms with Crippen LogP contribution < -0.4 is 10.0 Å². The van der Waals surface area contributed by atoms with E-state index in [-0.39, 0.29) is 5.69 Å². The summed E-state index contributed by atoms with van der Waals surface area (Å²) < 4.78 is 71.4. The lowest BCUT2D eigenvalue weighted by atomic mass is 10.1. The minimum Gasteiger partial charge on any atom is -0.376 e.